The topological polar surface area (TPSA) is 92.9 Å². The summed E-state index contributed by atoms with van der Waals surface area (Å²) in [4.78, 5) is 12.1. The van der Waals surface area contributed by atoms with Crippen molar-refractivity contribution in [1.29, 1.82) is 0 Å². The lowest BCUT2D eigenvalue weighted by Crippen LogP contribution is -2.46. The van der Waals surface area contributed by atoms with Crippen LogP contribution in [0.2, 0.25) is 0 Å². The normalized spacial score (nSPS) is 13.3. The van der Waals surface area contributed by atoms with Crippen molar-refractivity contribution in [3.8, 4) is 11.1 Å². The van der Waals surface area contributed by atoms with Gasteiger partial charge < -0.3 is 10.5 Å². The largest absolute Gasteiger partial charge is 0.467 e. The Hall–Kier alpha value is -2.38. The molecule has 0 saturated carbocycles. The van der Waals surface area contributed by atoms with Gasteiger partial charge in [0.2, 0.25) is 0 Å². The molecule has 2 unspecified atom stereocenters. The molecule has 2 aromatic rings. The lowest BCUT2D eigenvalue weighted by atomic mass is 10.0. The zero-order valence-corrected chi connectivity index (χ0v) is 15.2. The summed E-state index contributed by atoms with van der Waals surface area (Å²) in [5, 5.41) is 0. The molecular weight excluding hydrogens is 340 g/mol. The molecule has 0 bridgehead atoms. The van der Waals surface area contributed by atoms with Gasteiger partial charge in [0, 0.05) is 5.69 Å². The molecule has 0 aromatic heterocycles. The fourth-order valence-electron chi connectivity index (χ4n) is 2.58. The van der Waals surface area contributed by atoms with Crippen molar-refractivity contribution < 1.29 is 18.3 Å². The van der Waals surface area contributed by atoms with E-state index in [1.165, 1.54) is 7.11 Å². The number of nitrogens with two attached hydrogens (primary N) is 1. The van der Waals surface area contributed by atoms with Gasteiger partial charge in [-0.2, -0.15) is 0 Å². The third kappa shape index (κ3) is 4.37. The Balaban J connectivity index is 2.37. The summed E-state index contributed by atoms with van der Waals surface area (Å²) in [6, 6.07) is 13.6. The van der Waals surface area contributed by atoms with Crippen LogP contribution >= 0.6 is 0 Å². The number of carbonyl (C=O) groups is 1. The van der Waals surface area contributed by atoms with Crippen molar-refractivity contribution in [1.82, 2.24) is 0 Å². The molecule has 0 amide bonds. The summed E-state index contributed by atoms with van der Waals surface area (Å²) in [7, 11) is 1.26. The average molecular weight is 362 g/mol. The molecule has 7 heteroatoms. The quantitative estimate of drug-likeness (QED) is 0.468. The van der Waals surface area contributed by atoms with Gasteiger partial charge in [-0.3, -0.25) is 8.86 Å². The lowest BCUT2D eigenvalue weighted by molar-refractivity contribution is -0.142. The molecule has 0 fully saturated rings. The van der Waals surface area contributed by atoms with Crippen LogP contribution in [0.3, 0.4) is 0 Å². The van der Waals surface area contributed by atoms with Crippen LogP contribution in [0.5, 0.6) is 0 Å². The molecule has 0 aliphatic rings. The number of anilines is 2. The molecule has 134 valence electrons. The van der Waals surface area contributed by atoms with Crippen LogP contribution in [0.1, 0.15) is 13.8 Å². The van der Waals surface area contributed by atoms with Gasteiger partial charge in [0.1, 0.15) is 6.04 Å². The highest BCUT2D eigenvalue weighted by Crippen LogP contribution is 2.27. The van der Waals surface area contributed by atoms with E-state index in [4.69, 9.17) is 10.5 Å². The number of benzene rings is 2. The van der Waals surface area contributed by atoms with Crippen LogP contribution < -0.4 is 10.0 Å². The maximum absolute atomic E-state index is 12.1. The van der Waals surface area contributed by atoms with Crippen LogP contribution in [0.25, 0.3) is 11.1 Å². The van der Waals surface area contributed by atoms with Crippen molar-refractivity contribution >= 4 is 28.6 Å². The molecule has 0 aliphatic heterocycles. The number of ether oxygens (including phenoxy) is 1. The van der Waals surface area contributed by atoms with Crippen LogP contribution in [-0.2, 0) is 20.8 Å². The maximum Gasteiger partial charge on any atom is 0.329 e. The van der Waals surface area contributed by atoms with Gasteiger partial charge in [-0.05, 0) is 41.3 Å². The Labute approximate surface area is 150 Å². The number of carbonyl (C=O) groups excluding carboxylic acids is 1. The molecule has 2 aromatic carbocycles. The SMILES string of the molecule is COC(=O)C(C(C)C)N(c1ccc(-c2ccc(N)cc2)cc1)S(=O)O. The molecule has 6 nitrogen and oxygen atoms in total. The zero-order chi connectivity index (χ0) is 18.6. The molecular formula is C18H22N2O4S. The van der Waals surface area contributed by atoms with Gasteiger partial charge in [0.15, 0.2) is 0 Å². The van der Waals surface area contributed by atoms with Crippen molar-refractivity contribution in [2.24, 2.45) is 5.92 Å². The van der Waals surface area contributed by atoms with Crippen LogP contribution in [-0.4, -0.2) is 27.9 Å². The summed E-state index contributed by atoms with van der Waals surface area (Å²) in [5.74, 6) is -0.764. The number of rotatable bonds is 6. The predicted octanol–water partition coefficient (Wildman–Crippen LogP) is 3.08. The summed E-state index contributed by atoms with van der Waals surface area (Å²) >= 11 is -2.37. The van der Waals surface area contributed by atoms with Gasteiger partial charge in [-0.1, -0.05) is 38.1 Å². The van der Waals surface area contributed by atoms with Crippen LogP contribution in [0.4, 0.5) is 11.4 Å². The molecule has 2 atom stereocenters. The van der Waals surface area contributed by atoms with E-state index in [9.17, 15) is 13.6 Å². The molecule has 0 aliphatic carbocycles. The van der Waals surface area contributed by atoms with Gasteiger partial charge in [-0.15, -0.1) is 0 Å². The maximum atomic E-state index is 12.1. The summed E-state index contributed by atoms with van der Waals surface area (Å²) in [5.41, 5.74) is 8.75. The second-order valence-corrected chi connectivity index (χ2v) is 6.79. The minimum atomic E-state index is -2.37. The van der Waals surface area contributed by atoms with Crippen molar-refractivity contribution in [2.45, 2.75) is 19.9 Å². The van der Waals surface area contributed by atoms with Gasteiger partial charge in [0.05, 0.1) is 12.8 Å². The fourth-order valence-corrected chi connectivity index (χ4v) is 3.41. The van der Waals surface area contributed by atoms with E-state index in [1.807, 2.05) is 36.4 Å². The highest BCUT2D eigenvalue weighted by atomic mass is 32.2. The van der Waals surface area contributed by atoms with Crippen molar-refractivity contribution in [3.05, 3.63) is 48.5 Å². The molecule has 0 spiro atoms. The van der Waals surface area contributed by atoms with Crippen LogP contribution in [0.15, 0.2) is 48.5 Å². The van der Waals surface area contributed by atoms with Crippen molar-refractivity contribution in [3.63, 3.8) is 0 Å². The Bertz CT molecular complexity index is 745. The van der Waals surface area contributed by atoms with Gasteiger partial charge in [0.25, 0.3) is 11.3 Å². The number of hydrogen-bond donors (Lipinski definition) is 2. The van der Waals surface area contributed by atoms with E-state index in [-0.39, 0.29) is 5.92 Å². The lowest BCUT2D eigenvalue weighted by Gasteiger charge is -2.30. The first kappa shape index (κ1) is 19.0. The zero-order valence-electron chi connectivity index (χ0n) is 14.4. The smallest absolute Gasteiger partial charge is 0.329 e. The molecule has 0 heterocycles. The monoisotopic (exact) mass is 362 g/mol. The highest BCUT2D eigenvalue weighted by Gasteiger charge is 2.33. The molecule has 25 heavy (non-hydrogen) atoms. The molecule has 0 radical (unpaired) electrons. The minimum absolute atomic E-state index is 0.208. The van der Waals surface area contributed by atoms with Crippen molar-refractivity contribution in [2.75, 3.05) is 17.1 Å². The Morgan fingerprint density at radius 1 is 1.08 bits per heavy atom. The Morgan fingerprint density at radius 3 is 1.96 bits per heavy atom. The number of nitrogen functional groups attached to an aromatic ring is 1. The third-order valence-corrected chi connectivity index (χ3v) is 4.64. The van der Waals surface area contributed by atoms with Gasteiger partial charge in [-0.25, -0.2) is 9.00 Å². The molecule has 0 saturated heterocycles. The first-order valence-electron chi connectivity index (χ1n) is 7.79. The number of nitrogens with zero attached hydrogens (tertiary/aromatic N) is 1. The Kier molecular flexibility index (Phi) is 6.17. The summed E-state index contributed by atoms with van der Waals surface area (Å²) < 4.78 is 27.5. The second kappa shape index (κ2) is 8.13. The van der Waals surface area contributed by atoms with E-state index in [2.05, 4.69) is 0 Å². The predicted molar refractivity (Wildman–Crippen MR) is 100 cm³/mol. The van der Waals surface area contributed by atoms with E-state index in [1.54, 1.807) is 26.0 Å². The van der Waals surface area contributed by atoms with E-state index in [0.29, 0.717) is 11.4 Å². The van der Waals surface area contributed by atoms with E-state index in [0.717, 1.165) is 15.4 Å². The highest BCUT2D eigenvalue weighted by molar-refractivity contribution is 7.80. The standard InChI is InChI=1S/C18H22N2O4S/c1-12(2)17(18(21)24-3)20(25(22)23)16-10-6-14(7-11-16)13-4-8-15(19)9-5-13/h4-12,17H,19H2,1-3H3,(H,22,23). The first-order valence-corrected chi connectivity index (χ1v) is 8.85. The van der Waals surface area contributed by atoms with Gasteiger partial charge >= 0.3 is 5.97 Å². The second-order valence-electron chi connectivity index (χ2n) is 5.94. The third-order valence-electron chi connectivity index (χ3n) is 3.86. The first-order chi connectivity index (χ1) is 11.8. The summed E-state index contributed by atoms with van der Waals surface area (Å²) in [6.45, 7) is 3.59. The minimum Gasteiger partial charge on any atom is -0.467 e. The average Bonchev–Trinajstić information content (AvgIpc) is 2.59. The number of esters is 1. The Morgan fingerprint density at radius 2 is 1.56 bits per heavy atom. The number of methoxy groups -OCH3 is 1. The van der Waals surface area contributed by atoms with E-state index >= 15 is 0 Å². The fraction of sp³-hybridized carbons (Fsp3) is 0.278. The number of hydrogen-bond acceptors (Lipinski definition) is 4. The summed E-state index contributed by atoms with van der Waals surface area (Å²) in [6.07, 6.45) is 0. The van der Waals surface area contributed by atoms with Crippen LogP contribution in [0, 0.1) is 5.92 Å². The molecule has 3 N–H and O–H groups in total. The molecule has 2 rings (SSSR count). The van der Waals surface area contributed by atoms with E-state index < -0.39 is 23.3 Å².